The van der Waals surface area contributed by atoms with Crippen LogP contribution in [0.15, 0.2) is 72.9 Å². The molecule has 0 rings (SSSR count). The minimum atomic E-state index is -0.806. The first-order valence-corrected chi connectivity index (χ1v) is 34.4. The Labute approximate surface area is 491 Å². The predicted molar refractivity (Wildman–Crippen MR) is 344 cm³/mol. The Kier molecular flexibility index (Phi) is 64.7. The van der Waals surface area contributed by atoms with Gasteiger partial charge in [-0.25, -0.2) is 0 Å². The molecule has 0 aliphatic carbocycles. The lowest BCUT2D eigenvalue weighted by Gasteiger charge is -2.18. The van der Waals surface area contributed by atoms with E-state index in [0.29, 0.717) is 19.3 Å². The van der Waals surface area contributed by atoms with E-state index in [2.05, 4.69) is 87.6 Å². The molecule has 0 aromatic rings. The predicted octanol–water partition coefficient (Wildman–Crippen LogP) is 23.7. The van der Waals surface area contributed by atoms with Crippen LogP contribution >= 0.6 is 0 Å². The molecule has 0 N–H and O–H groups in total. The summed E-state index contributed by atoms with van der Waals surface area (Å²) in [5.74, 6) is -0.965. The van der Waals surface area contributed by atoms with E-state index in [1.165, 1.54) is 244 Å². The lowest BCUT2D eigenvalue weighted by molar-refractivity contribution is -0.166. The van der Waals surface area contributed by atoms with Crippen molar-refractivity contribution in [2.45, 2.75) is 361 Å². The molecule has 0 aromatic carbocycles. The second-order valence-electron chi connectivity index (χ2n) is 23.1. The molecule has 0 saturated carbocycles. The summed E-state index contributed by atoms with van der Waals surface area (Å²) in [5.41, 5.74) is 0. The standard InChI is InChI=1S/C73H130O6/c1-4-7-10-13-16-19-22-25-27-29-31-33-34-35-36-37-38-40-41-43-45-48-51-54-57-60-63-66-72(75)78-69-70(68-77-71(74)65-62-59-56-53-50-47-24-21-18-15-12-9-6-3)79-73(76)67-64-61-58-55-52-49-46-44-42-39-32-30-28-26-23-20-17-14-11-8-5-2/h9,12,18,21,29-32,47,50,56,59,70H,4-8,10-11,13-17,19-20,22-28,33-46,48-49,51-55,57-58,60-69H2,1-3H3/b12-9-,21-18-,31-29-,32-30-,50-47-,59-56-. The van der Waals surface area contributed by atoms with Crippen LogP contribution < -0.4 is 0 Å². The van der Waals surface area contributed by atoms with E-state index < -0.39 is 6.10 Å². The van der Waals surface area contributed by atoms with E-state index in [1.807, 2.05) is 6.08 Å². The second-order valence-corrected chi connectivity index (χ2v) is 23.1. The van der Waals surface area contributed by atoms with Gasteiger partial charge in [0.2, 0.25) is 0 Å². The lowest BCUT2D eigenvalue weighted by atomic mass is 10.0. The van der Waals surface area contributed by atoms with Crippen molar-refractivity contribution in [3.63, 3.8) is 0 Å². The molecule has 0 bridgehead atoms. The topological polar surface area (TPSA) is 78.9 Å². The fourth-order valence-corrected chi connectivity index (χ4v) is 10.0. The van der Waals surface area contributed by atoms with Gasteiger partial charge in [0.1, 0.15) is 13.2 Å². The van der Waals surface area contributed by atoms with Crippen molar-refractivity contribution in [1.29, 1.82) is 0 Å². The number of rotatable bonds is 63. The highest BCUT2D eigenvalue weighted by atomic mass is 16.6. The van der Waals surface area contributed by atoms with Crippen molar-refractivity contribution in [1.82, 2.24) is 0 Å². The summed E-state index contributed by atoms with van der Waals surface area (Å²) in [6.45, 7) is 6.51. The summed E-state index contributed by atoms with van der Waals surface area (Å²) >= 11 is 0. The monoisotopic (exact) mass is 1100 g/mol. The molecule has 6 heteroatoms. The highest BCUT2D eigenvalue weighted by Gasteiger charge is 2.19. The zero-order valence-electron chi connectivity index (χ0n) is 52.6. The number of allylic oxidation sites excluding steroid dienone is 12. The lowest BCUT2D eigenvalue weighted by Crippen LogP contribution is -2.30. The van der Waals surface area contributed by atoms with Gasteiger partial charge in [-0.2, -0.15) is 0 Å². The average Bonchev–Trinajstić information content (AvgIpc) is 3.45. The van der Waals surface area contributed by atoms with Crippen molar-refractivity contribution in [2.75, 3.05) is 13.2 Å². The molecule has 0 aliphatic rings. The van der Waals surface area contributed by atoms with Crippen molar-refractivity contribution >= 4 is 17.9 Å². The summed E-state index contributed by atoms with van der Waals surface area (Å²) in [6.07, 6.45) is 88.1. The van der Waals surface area contributed by atoms with Crippen LogP contribution in [0.3, 0.4) is 0 Å². The maximum absolute atomic E-state index is 12.9. The molecule has 0 amide bonds. The number of unbranched alkanes of at least 4 members (excludes halogenated alkanes) is 40. The molecule has 0 aromatic heterocycles. The van der Waals surface area contributed by atoms with Crippen LogP contribution in [0.25, 0.3) is 0 Å². The number of hydrogen-bond donors (Lipinski definition) is 0. The Hall–Kier alpha value is -3.15. The third-order valence-electron chi connectivity index (χ3n) is 15.2. The third-order valence-corrected chi connectivity index (χ3v) is 15.2. The molecule has 0 spiro atoms. The first kappa shape index (κ1) is 75.8. The van der Waals surface area contributed by atoms with E-state index in [9.17, 15) is 14.4 Å². The van der Waals surface area contributed by atoms with Crippen molar-refractivity contribution < 1.29 is 28.6 Å². The van der Waals surface area contributed by atoms with Crippen LogP contribution in [0.2, 0.25) is 0 Å². The molecule has 0 saturated heterocycles. The zero-order chi connectivity index (χ0) is 57.1. The highest BCUT2D eigenvalue weighted by Crippen LogP contribution is 2.17. The zero-order valence-corrected chi connectivity index (χ0v) is 52.6. The molecule has 79 heavy (non-hydrogen) atoms. The number of carbonyl (C=O) groups is 3. The van der Waals surface area contributed by atoms with E-state index in [-0.39, 0.29) is 37.5 Å². The summed E-state index contributed by atoms with van der Waals surface area (Å²) in [7, 11) is 0. The van der Waals surface area contributed by atoms with Gasteiger partial charge in [-0.15, -0.1) is 0 Å². The Morgan fingerprint density at radius 3 is 0.848 bits per heavy atom. The van der Waals surface area contributed by atoms with Crippen molar-refractivity contribution in [3.05, 3.63) is 72.9 Å². The van der Waals surface area contributed by atoms with Crippen LogP contribution in [-0.2, 0) is 28.6 Å². The summed E-state index contributed by atoms with van der Waals surface area (Å²) in [5, 5.41) is 0. The minimum absolute atomic E-state index is 0.0956. The molecule has 1 unspecified atom stereocenters. The molecule has 458 valence electrons. The fourth-order valence-electron chi connectivity index (χ4n) is 10.0. The highest BCUT2D eigenvalue weighted by molar-refractivity contribution is 5.71. The molecule has 1 atom stereocenters. The van der Waals surface area contributed by atoms with Gasteiger partial charge in [0.25, 0.3) is 0 Å². The Morgan fingerprint density at radius 2 is 0.519 bits per heavy atom. The maximum atomic E-state index is 12.9. The Balaban J connectivity index is 4.27. The molecular formula is C73H130O6. The molecule has 6 nitrogen and oxygen atoms in total. The molecule has 0 aliphatic heterocycles. The summed E-state index contributed by atoms with van der Waals surface area (Å²) < 4.78 is 16.9. The molecule has 0 heterocycles. The van der Waals surface area contributed by atoms with Gasteiger partial charge in [-0.3, -0.25) is 14.4 Å². The van der Waals surface area contributed by atoms with E-state index >= 15 is 0 Å². The Bertz CT molecular complexity index is 1450. The van der Waals surface area contributed by atoms with Gasteiger partial charge in [-0.1, -0.05) is 312 Å². The fraction of sp³-hybridized carbons (Fsp3) is 0.795. The first-order chi connectivity index (χ1) is 39.0. The number of ether oxygens (including phenoxy) is 3. The van der Waals surface area contributed by atoms with Crippen LogP contribution in [0, 0.1) is 0 Å². The van der Waals surface area contributed by atoms with E-state index in [4.69, 9.17) is 14.2 Å². The normalized spacial score (nSPS) is 12.5. The van der Waals surface area contributed by atoms with E-state index in [0.717, 1.165) is 64.2 Å². The average molecular weight is 1100 g/mol. The second kappa shape index (κ2) is 67.4. The van der Waals surface area contributed by atoms with Gasteiger partial charge in [0.05, 0.1) is 0 Å². The number of hydrogen-bond acceptors (Lipinski definition) is 6. The van der Waals surface area contributed by atoms with Crippen molar-refractivity contribution in [2.24, 2.45) is 0 Å². The van der Waals surface area contributed by atoms with Gasteiger partial charge in [0.15, 0.2) is 6.10 Å². The smallest absolute Gasteiger partial charge is 0.306 e. The minimum Gasteiger partial charge on any atom is -0.462 e. The van der Waals surface area contributed by atoms with Gasteiger partial charge in [-0.05, 0) is 96.3 Å². The summed E-state index contributed by atoms with van der Waals surface area (Å²) in [6, 6.07) is 0. The van der Waals surface area contributed by atoms with Crippen LogP contribution in [0.4, 0.5) is 0 Å². The van der Waals surface area contributed by atoms with Crippen LogP contribution in [0.5, 0.6) is 0 Å². The van der Waals surface area contributed by atoms with Gasteiger partial charge < -0.3 is 14.2 Å². The quantitative estimate of drug-likeness (QED) is 0.0261. The van der Waals surface area contributed by atoms with E-state index in [1.54, 1.807) is 0 Å². The largest absolute Gasteiger partial charge is 0.462 e. The number of esters is 3. The third kappa shape index (κ3) is 65.5. The van der Waals surface area contributed by atoms with Crippen molar-refractivity contribution in [3.8, 4) is 0 Å². The van der Waals surface area contributed by atoms with Gasteiger partial charge >= 0.3 is 17.9 Å². The van der Waals surface area contributed by atoms with Gasteiger partial charge in [0, 0.05) is 19.3 Å². The molecule has 0 radical (unpaired) electrons. The summed E-state index contributed by atoms with van der Waals surface area (Å²) in [4.78, 5) is 38.3. The molecule has 0 fully saturated rings. The first-order valence-electron chi connectivity index (χ1n) is 34.4. The SMILES string of the molecule is CC/C=C\C/C=C\C/C=C\C/C=C\CCC(=O)OCC(COC(=O)CCCCCCCCCCCCCCCCC/C=C\CCCCCCCCCC)OC(=O)CCCCCCCCCCC/C=C\CCCCCCCCCC. The number of carbonyl (C=O) groups excluding carboxylic acids is 3. The molecular weight excluding hydrogens is 973 g/mol. The maximum Gasteiger partial charge on any atom is 0.306 e. The van der Waals surface area contributed by atoms with Crippen LogP contribution in [0.1, 0.15) is 355 Å². The Morgan fingerprint density at radius 1 is 0.266 bits per heavy atom. The van der Waals surface area contributed by atoms with Crippen LogP contribution in [-0.4, -0.2) is 37.2 Å².